The van der Waals surface area contributed by atoms with Crippen molar-refractivity contribution in [2.75, 3.05) is 19.7 Å². The largest absolute Gasteiger partial charge is 0.393 e. The molecule has 0 aromatic carbocycles. The van der Waals surface area contributed by atoms with Crippen LogP contribution < -0.4 is 0 Å². The molecule has 0 aromatic rings. The lowest BCUT2D eigenvalue weighted by Gasteiger charge is -2.60. The molecule has 6 nitrogen and oxygen atoms in total. The highest BCUT2D eigenvalue weighted by Gasteiger charge is 2.84. The first kappa shape index (κ1) is 30.1. The first-order chi connectivity index (χ1) is 19.4. The van der Waals surface area contributed by atoms with E-state index in [2.05, 4.69) is 34.6 Å². The predicted octanol–water partition coefficient (Wildman–Crippen LogP) is 6.09. The number of amides is 1. The Morgan fingerprint density at radius 1 is 1.07 bits per heavy atom. The monoisotopic (exact) mass is 571 g/mol. The average molecular weight is 572 g/mol. The molecule has 0 radical (unpaired) electrons. The first-order valence-electron chi connectivity index (χ1n) is 17.0. The normalized spacial score (nSPS) is 49.0. The van der Waals surface area contributed by atoms with Gasteiger partial charge in [-0.25, -0.2) is 0 Å². The summed E-state index contributed by atoms with van der Waals surface area (Å²) in [6.45, 7) is 17.9. The summed E-state index contributed by atoms with van der Waals surface area (Å²) in [4.78, 5) is 25.7. The number of hydrogen-bond donors (Lipinski definition) is 1. The molecular formula is C35H57NO5. The molecule has 6 fully saturated rings. The number of rotatable bonds is 7. The summed E-state index contributed by atoms with van der Waals surface area (Å²) in [5.74, 6) is 3.55. The molecule has 1 saturated heterocycles. The molecule has 1 amide bonds. The number of carbonyl (C=O) groups excluding carboxylic acids is 2. The molecule has 41 heavy (non-hydrogen) atoms. The summed E-state index contributed by atoms with van der Waals surface area (Å²) in [6, 6.07) is 0. The van der Waals surface area contributed by atoms with Gasteiger partial charge in [0.25, 0.3) is 0 Å². The topological polar surface area (TPSA) is 76.1 Å². The van der Waals surface area contributed by atoms with Gasteiger partial charge in [0.15, 0.2) is 6.29 Å². The van der Waals surface area contributed by atoms with E-state index in [1.807, 2.05) is 18.7 Å². The second-order valence-corrected chi connectivity index (χ2v) is 16.4. The summed E-state index contributed by atoms with van der Waals surface area (Å²) < 4.78 is 12.9. The third-order valence-electron chi connectivity index (χ3n) is 14.5. The van der Waals surface area contributed by atoms with E-state index in [4.69, 9.17) is 9.47 Å². The molecule has 2 spiro atoms. The molecular weight excluding hydrogens is 514 g/mol. The summed E-state index contributed by atoms with van der Waals surface area (Å²) in [6.07, 6.45) is 10.4. The van der Waals surface area contributed by atoms with Crippen LogP contribution in [0.4, 0.5) is 0 Å². The fourth-order valence-electron chi connectivity index (χ4n) is 12.9. The molecule has 1 heterocycles. The van der Waals surface area contributed by atoms with Gasteiger partial charge in [-0.2, -0.15) is 0 Å². The van der Waals surface area contributed by atoms with Crippen molar-refractivity contribution < 1.29 is 24.2 Å². The number of nitrogens with zero attached hydrogens (tertiary/aromatic N) is 1. The van der Waals surface area contributed by atoms with Crippen LogP contribution in [0.5, 0.6) is 0 Å². The number of morpholine rings is 1. The zero-order valence-corrected chi connectivity index (χ0v) is 26.9. The van der Waals surface area contributed by atoms with E-state index in [0.717, 1.165) is 31.5 Å². The number of carbonyl (C=O) groups is 2. The van der Waals surface area contributed by atoms with Crippen LogP contribution in [0.2, 0.25) is 0 Å². The zero-order valence-electron chi connectivity index (χ0n) is 26.9. The molecule has 12 atom stereocenters. The summed E-state index contributed by atoms with van der Waals surface area (Å²) >= 11 is 0. The maximum absolute atomic E-state index is 12.7. The van der Waals surface area contributed by atoms with Gasteiger partial charge in [0.1, 0.15) is 6.29 Å². The van der Waals surface area contributed by atoms with Crippen LogP contribution in [0.25, 0.3) is 0 Å². The van der Waals surface area contributed by atoms with Crippen molar-refractivity contribution in [2.24, 2.45) is 63.1 Å². The van der Waals surface area contributed by atoms with Crippen molar-refractivity contribution in [1.29, 1.82) is 0 Å². The summed E-state index contributed by atoms with van der Waals surface area (Å²) in [5, 5.41) is 11.5. The molecule has 5 aliphatic carbocycles. The Hall–Kier alpha value is -0.980. The van der Waals surface area contributed by atoms with E-state index >= 15 is 0 Å². The van der Waals surface area contributed by atoms with Crippen LogP contribution in [-0.2, 0) is 19.1 Å². The van der Waals surface area contributed by atoms with Gasteiger partial charge in [-0.15, -0.1) is 0 Å². The van der Waals surface area contributed by atoms with E-state index in [-0.39, 0.29) is 41.2 Å². The van der Waals surface area contributed by atoms with Crippen LogP contribution in [0, 0.1) is 63.1 Å². The van der Waals surface area contributed by atoms with Crippen molar-refractivity contribution in [2.45, 2.75) is 125 Å². The smallest absolute Gasteiger partial charge is 0.225 e. The Morgan fingerprint density at radius 3 is 2.54 bits per heavy atom. The number of aldehydes is 1. The van der Waals surface area contributed by atoms with Gasteiger partial charge in [-0.3, -0.25) is 4.79 Å². The lowest BCUT2D eigenvalue weighted by molar-refractivity contribution is -0.245. The van der Waals surface area contributed by atoms with Crippen molar-refractivity contribution >= 4 is 12.2 Å². The number of fused-ring (bicyclic) bond motifs is 2. The first-order valence-corrected chi connectivity index (χ1v) is 17.0. The number of aliphatic hydroxyl groups is 1. The minimum Gasteiger partial charge on any atom is -0.393 e. The third-order valence-corrected chi connectivity index (χ3v) is 14.5. The Balaban J connectivity index is 1.20. The maximum atomic E-state index is 12.7. The van der Waals surface area contributed by atoms with Crippen molar-refractivity contribution in [1.82, 2.24) is 4.90 Å². The van der Waals surface area contributed by atoms with E-state index in [1.54, 1.807) is 0 Å². The standard InChI is InChI=1S/C35H57NO5/c1-21(2)31(39)36-16-18-40-29(20-36)41-28-12-13-35-23(4)34(35)15-14-33(7)25(24(34)10-11-27(35)32(28,5)6)19-26(38)30(33)22(3)9-8-17-37/h17,21-30,38H,8-16,18-20H2,1-7H3/t22?,23-,24-,25?,26+,27?,28-,29?,30?,33-,34-,35+/m0/s1. The molecule has 0 aromatic heterocycles. The van der Waals surface area contributed by atoms with E-state index in [0.29, 0.717) is 66.5 Å². The van der Waals surface area contributed by atoms with E-state index in [9.17, 15) is 14.7 Å². The van der Waals surface area contributed by atoms with Crippen molar-refractivity contribution in [3.63, 3.8) is 0 Å². The van der Waals surface area contributed by atoms with Gasteiger partial charge >= 0.3 is 0 Å². The molecule has 5 saturated carbocycles. The second-order valence-electron chi connectivity index (χ2n) is 16.4. The molecule has 0 bridgehead atoms. The number of ether oxygens (including phenoxy) is 2. The van der Waals surface area contributed by atoms with Gasteiger partial charge in [0.05, 0.1) is 25.4 Å². The lowest BCUT2D eigenvalue weighted by atomic mass is 9.46. The fraction of sp³-hybridized carbons (Fsp3) is 0.943. The van der Waals surface area contributed by atoms with Crippen LogP contribution in [0.3, 0.4) is 0 Å². The minimum atomic E-state index is -0.333. The lowest BCUT2D eigenvalue weighted by Crippen LogP contribution is -2.56. The van der Waals surface area contributed by atoms with Crippen LogP contribution in [0.15, 0.2) is 0 Å². The molecule has 232 valence electrons. The maximum Gasteiger partial charge on any atom is 0.225 e. The van der Waals surface area contributed by atoms with Crippen LogP contribution in [-0.4, -0.2) is 60.4 Å². The fourth-order valence-corrected chi connectivity index (χ4v) is 12.9. The molecule has 1 N–H and O–H groups in total. The second kappa shape index (κ2) is 10.3. The minimum absolute atomic E-state index is 0.00405. The van der Waals surface area contributed by atoms with Gasteiger partial charge in [-0.1, -0.05) is 48.5 Å². The van der Waals surface area contributed by atoms with Crippen molar-refractivity contribution in [3.8, 4) is 0 Å². The van der Waals surface area contributed by atoms with E-state index < -0.39 is 0 Å². The van der Waals surface area contributed by atoms with Gasteiger partial charge < -0.3 is 24.3 Å². The molecule has 6 aliphatic rings. The Kier molecular flexibility index (Phi) is 7.55. The van der Waals surface area contributed by atoms with Gasteiger partial charge in [0.2, 0.25) is 5.91 Å². The quantitative estimate of drug-likeness (QED) is 0.374. The average Bonchev–Trinajstić information content (AvgIpc) is 3.33. The SMILES string of the molecule is CC(C)C(=O)N1CCOC(O[C@H]2CC[C@@]34C(CC[C@H]5C6C[C@@H](O)C(C(C)CCC=O)[C@@]6(C)CC[C@]53[C@@H]4C)C2(C)C)C1. The highest BCUT2D eigenvalue weighted by atomic mass is 16.7. The Morgan fingerprint density at radius 2 is 1.83 bits per heavy atom. The Bertz CT molecular complexity index is 1030. The molecule has 6 heteroatoms. The Labute approximate surface area is 248 Å². The van der Waals surface area contributed by atoms with Crippen LogP contribution >= 0.6 is 0 Å². The van der Waals surface area contributed by atoms with Gasteiger partial charge in [0, 0.05) is 18.9 Å². The summed E-state index contributed by atoms with van der Waals surface area (Å²) in [7, 11) is 0. The van der Waals surface area contributed by atoms with E-state index in [1.165, 1.54) is 32.1 Å². The molecule has 6 rings (SSSR count). The molecule has 5 unspecified atom stereocenters. The number of aliphatic hydroxyl groups excluding tert-OH is 1. The third kappa shape index (κ3) is 4.11. The highest BCUT2D eigenvalue weighted by Crippen LogP contribution is 2.89. The summed E-state index contributed by atoms with van der Waals surface area (Å²) in [5.41, 5.74) is 1.03. The van der Waals surface area contributed by atoms with Gasteiger partial charge in [-0.05, 0) is 109 Å². The number of hydrogen-bond acceptors (Lipinski definition) is 5. The molecule has 1 aliphatic heterocycles. The zero-order chi connectivity index (χ0) is 29.5. The highest BCUT2D eigenvalue weighted by molar-refractivity contribution is 5.78. The van der Waals surface area contributed by atoms with Crippen molar-refractivity contribution in [3.05, 3.63) is 0 Å². The van der Waals surface area contributed by atoms with Crippen LogP contribution in [0.1, 0.15) is 106 Å². The predicted molar refractivity (Wildman–Crippen MR) is 159 cm³/mol.